The average molecular weight is 309 g/mol. The molecule has 0 heterocycles. The number of nitrogens with one attached hydrogen (secondary N) is 2. The van der Waals surface area contributed by atoms with Gasteiger partial charge in [0.05, 0.1) is 5.75 Å². The minimum Gasteiger partial charge on any atom is -0.355 e. The molecule has 0 aliphatic rings. The topological polar surface area (TPSA) is 41.1 Å². The summed E-state index contributed by atoms with van der Waals surface area (Å²) in [6.07, 6.45) is 0.952. The van der Waals surface area contributed by atoms with Crippen molar-refractivity contribution < 1.29 is 4.79 Å². The number of rotatable bonds is 7. The number of hydrogen-bond acceptors (Lipinski definition) is 3. The Hall–Kier alpha value is -0.420. The first kappa shape index (κ1) is 17.6. The van der Waals surface area contributed by atoms with E-state index in [2.05, 4.69) is 10.6 Å². The first-order chi connectivity index (χ1) is 8.22. The first-order valence-corrected chi connectivity index (χ1v) is 6.88. The van der Waals surface area contributed by atoms with E-state index in [4.69, 9.17) is 11.6 Å². The summed E-state index contributed by atoms with van der Waals surface area (Å²) < 4.78 is 0. The van der Waals surface area contributed by atoms with Crippen molar-refractivity contribution in [3.8, 4) is 0 Å². The number of benzene rings is 1. The Morgan fingerprint density at radius 1 is 1.28 bits per heavy atom. The molecular weight excluding hydrogens is 291 g/mol. The summed E-state index contributed by atoms with van der Waals surface area (Å²) in [7, 11) is 1.90. The molecule has 1 amide bonds. The monoisotopic (exact) mass is 308 g/mol. The van der Waals surface area contributed by atoms with Crippen molar-refractivity contribution in [2.75, 3.05) is 25.9 Å². The Balaban J connectivity index is 0.00000289. The molecule has 102 valence electrons. The van der Waals surface area contributed by atoms with Gasteiger partial charge in [-0.25, -0.2) is 0 Å². The van der Waals surface area contributed by atoms with Crippen LogP contribution in [0.2, 0.25) is 5.02 Å². The van der Waals surface area contributed by atoms with Crippen LogP contribution < -0.4 is 10.6 Å². The van der Waals surface area contributed by atoms with Gasteiger partial charge in [-0.1, -0.05) is 11.6 Å². The van der Waals surface area contributed by atoms with Crippen LogP contribution >= 0.6 is 35.8 Å². The molecular formula is C12H18Cl2N2OS. The van der Waals surface area contributed by atoms with Gasteiger partial charge in [0.25, 0.3) is 0 Å². The molecule has 0 fully saturated rings. The fourth-order valence-electron chi connectivity index (χ4n) is 1.22. The van der Waals surface area contributed by atoms with Crippen LogP contribution in [0.1, 0.15) is 6.42 Å². The largest absolute Gasteiger partial charge is 0.355 e. The molecule has 0 saturated carbocycles. The SMILES string of the molecule is CNCCCNC(=O)CSc1ccc(Cl)cc1.Cl. The van der Waals surface area contributed by atoms with Crippen molar-refractivity contribution in [2.24, 2.45) is 0 Å². The second kappa shape index (κ2) is 10.5. The highest BCUT2D eigenvalue weighted by Gasteiger charge is 2.01. The first-order valence-electron chi connectivity index (χ1n) is 5.52. The second-order valence-electron chi connectivity index (χ2n) is 3.55. The summed E-state index contributed by atoms with van der Waals surface area (Å²) in [5.74, 6) is 0.516. The van der Waals surface area contributed by atoms with Crippen LogP contribution in [0.4, 0.5) is 0 Å². The third kappa shape index (κ3) is 7.82. The quantitative estimate of drug-likeness (QED) is 0.601. The highest BCUT2D eigenvalue weighted by Crippen LogP contribution is 2.19. The van der Waals surface area contributed by atoms with Crippen molar-refractivity contribution in [3.05, 3.63) is 29.3 Å². The van der Waals surface area contributed by atoms with Gasteiger partial charge in [0.1, 0.15) is 0 Å². The number of carbonyl (C=O) groups excluding carboxylic acids is 1. The van der Waals surface area contributed by atoms with E-state index >= 15 is 0 Å². The van der Waals surface area contributed by atoms with Gasteiger partial charge in [0, 0.05) is 16.5 Å². The Morgan fingerprint density at radius 2 is 1.94 bits per heavy atom. The summed E-state index contributed by atoms with van der Waals surface area (Å²) in [6, 6.07) is 7.49. The number of hydrogen-bond donors (Lipinski definition) is 2. The Labute approximate surface area is 123 Å². The highest BCUT2D eigenvalue weighted by atomic mass is 35.5. The van der Waals surface area contributed by atoms with Crippen LogP contribution in [-0.2, 0) is 4.79 Å². The third-order valence-electron chi connectivity index (χ3n) is 2.11. The van der Waals surface area contributed by atoms with Crippen LogP contribution in [0.5, 0.6) is 0 Å². The molecule has 0 saturated heterocycles. The molecule has 18 heavy (non-hydrogen) atoms. The van der Waals surface area contributed by atoms with Crippen LogP contribution in [0.15, 0.2) is 29.2 Å². The normalized spacial score (nSPS) is 9.67. The maximum atomic E-state index is 11.5. The zero-order valence-corrected chi connectivity index (χ0v) is 12.6. The zero-order chi connectivity index (χ0) is 12.5. The van der Waals surface area contributed by atoms with Gasteiger partial charge in [-0.05, 0) is 44.3 Å². The average Bonchev–Trinajstić information content (AvgIpc) is 2.34. The molecule has 1 aromatic rings. The summed E-state index contributed by atoms with van der Waals surface area (Å²) in [5, 5.41) is 6.62. The molecule has 0 spiro atoms. The van der Waals surface area contributed by atoms with E-state index < -0.39 is 0 Å². The minimum absolute atomic E-state index is 0. The molecule has 3 nitrogen and oxygen atoms in total. The van der Waals surface area contributed by atoms with E-state index in [9.17, 15) is 4.79 Å². The van der Waals surface area contributed by atoms with Crippen LogP contribution in [0.25, 0.3) is 0 Å². The summed E-state index contributed by atoms with van der Waals surface area (Å²) in [4.78, 5) is 12.5. The molecule has 1 rings (SSSR count). The highest BCUT2D eigenvalue weighted by molar-refractivity contribution is 8.00. The number of carbonyl (C=O) groups is 1. The molecule has 0 atom stereocenters. The molecule has 0 radical (unpaired) electrons. The molecule has 0 aromatic heterocycles. The summed E-state index contributed by atoms with van der Waals surface area (Å²) >= 11 is 7.29. The Kier molecular flexibility index (Phi) is 10.3. The van der Waals surface area contributed by atoms with E-state index in [1.807, 2.05) is 31.3 Å². The smallest absolute Gasteiger partial charge is 0.230 e. The van der Waals surface area contributed by atoms with Crippen molar-refractivity contribution in [2.45, 2.75) is 11.3 Å². The van der Waals surface area contributed by atoms with E-state index in [0.29, 0.717) is 10.8 Å². The maximum absolute atomic E-state index is 11.5. The molecule has 2 N–H and O–H groups in total. The summed E-state index contributed by atoms with van der Waals surface area (Å²) in [5.41, 5.74) is 0. The van der Waals surface area contributed by atoms with Gasteiger partial charge in [-0.2, -0.15) is 0 Å². The number of halogens is 2. The zero-order valence-electron chi connectivity index (χ0n) is 10.2. The van der Waals surface area contributed by atoms with E-state index in [-0.39, 0.29) is 18.3 Å². The summed E-state index contributed by atoms with van der Waals surface area (Å²) in [6.45, 7) is 1.64. The standard InChI is InChI=1S/C12H17ClN2OS.ClH/c1-14-7-2-8-15-12(16)9-17-11-5-3-10(13)4-6-11;/h3-6,14H,2,7-9H2,1H3,(H,15,16);1H. The number of thioether (sulfide) groups is 1. The van der Waals surface area contributed by atoms with Gasteiger partial charge in [0.2, 0.25) is 5.91 Å². The lowest BCUT2D eigenvalue weighted by atomic mass is 10.4. The predicted octanol–water partition coefficient (Wildman–Crippen LogP) is 2.58. The van der Waals surface area contributed by atoms with Crippen LogP contribution in [0, 0.1) is 0 Å². The van der Waals surface area contributed by atoms with E-state index in [1.165, 1.54) is 11.8 Å². The van der Waals surface area contributed by atoms with Crippen molar-refractivity contribution in [3.63, 3.8) is 0 Å². The van der Waals surface area contributed by atoms with Gasteiger partial charge >= 0.3 is 0 Å². The lowest BCUT2D eigenvalue weighted by Crippen LogP contribution is -2.27. The van der Waals surface area contributed by atoms with Gasteiger partial charge < -0.3 is 10.6 Å². The van der Waals surface area contributed by atoms with E-state index in [1.54, 1.807) is 0 Å². The van der Waals surface area contributed by atoms with Crippen molar-refractivity contribution >= 4 is 41.7 Å². The lowest BCUT2D eigenvalue weighted by Gasteiger charge is -2.05. The fourth-order valence-corrected chi connectivity index (χ4v) is 2.08. The molecule has 0 unspecified atom stereocenters. The fraction of sp³-hybridized carbons (Fsp3) is 0.417. The molecule has 6 heteroatoms. The molecule has 0 aliphatic carbocycles. The van der Waals surface area contributed by atoms with Crippen LogP contribution in [0.3, 0.4) is 0 Å². The Morgan fingerprint density at radius 3 is 2.56 bits per heavy atom. The van der Waals surface area contributed by atoms with Gasteiger partial charge in [0.15, 0.2) is 0 Å². The van der Waals surface area contributed by atoms with Gasteiger partial charge in [-0.15, -0.1) is 24.2 Å². The number of amides is 1. The lowest BCUT2D eigenvalue weighted by molar-refractivity contribution is -0.118. The molecule has 0 aliphatic heterocycles. The predicted molar refractivity (Wildman–Crippen MR) is 81.0 cm³/mol. The molecule has 1 aromatic carbocycles. The van der Waals surface area contributed by atoms with E-state index in [0.717, 1.165) is 24.4 Å². The Bertz CT molecular complexity index is 346. The second-order valence-corrected chi connectivity index (χ2v) is 5.03. The third-order valence-corrected chi connectivity index (χ3v) is 3.37. The van der Waals surface area contributed by atoms with Gasteiger partial charge in [-0.3, -0.25) is 4.79 Å². The molecule has 0 bridgehead atoms. The maximum Gasteiger partial charge on any atom is 0.230 e. The van der Waals surface area contributed by atoms with Crippen LogP contribution in [-0.4, -0.2) is 31.8 Å². The van der Waals surface area contributed by atoms with Crippen molar-refractivity contribution in [1.29, 1.82) is 0 Å². The van der Waals surface area contributed by atoms with Crippen molar-refractivity contribution in [1.82, 2.24) is 10.6 Å². The minimum atomic E-state index is 0.